The van der Waals surface area contributed by atoms with Crippen LogP contribution in [0.3, 0.4) is 0 Å². The highest BCUT2D eigenvalue weighted by Gasteiger charge is 2.35. The van der Waals surface area contributed by atoms with Crippen molar-refractivity contribution < 1.29 is 14.3 Å². The molecular weight excluding hydrogens is 402 g/mol. The van der Waals surface area contributed by atoms with Gasteiger partial charge in [0.05, 0.1) is 18.2 Å². The number of carbonyl (C=O) groups excluding carboxylic acids is 2. The molecule has 4 rings (SSSR count). The molecule has 1 aromatic carbocycles. The highest BCUT2D eigenvalue weighted by atomic mass is 35.5. The molecule has 0 bridgehead atoms. The maximum absolute atomic E-state index is 12.6. The van der Waals surface area contributed by atoms with E-state index < -0.39 is 11.9 Å². The van der Waals surface area contributed by atoms with Gasteiger partial charge in [0.1, 0.15) is 5.57 Å². The lowest BCUT2D eigenvalue weighted by molar-refractivity contribution is -0.140. The van der Waals surface area contributed by atoms with Crippen molar-refractivity contribution in [1.82, 2.24) is 5.32 Å². The van der Waals surface area contributed by atoms with Crippen LogP contribution in [-0.2, 0) is 20.7 Å². The first-order valence-corrected chi connectivity index (χ1v) is 10.6. The third-order valence-electron chi connectivity index (χ3n) is 5.47. The molecule has 0 aromatic heterocycles. The standard InChI is InChI=1S/C23H24ClN3O3/c1-2-30-23(29)20-21(17-14-16(24)9-10-18(17)26-22(20)28)25-11-13-27-12-5-7-15-6-3-4-8-19(15)27/h3-4,6,8-10,14,17,25H,2,5,7,11-13H2,1H3. The molecule has 1 aromatic rings. The quantitative estimate of drug-likeness (QED) is 0.560. The lowest BCUT2D eigenvalue weighted by Crippen LogP contribution is -2.40. The van der Waals surface area contributed by atoms with E-state index in [1.165, 1.54) is 11.3 Å². The molecule has 6 nitrogen and oxygen atoms in total. The van der Waals surface area contributed by atoms with Gasteiger partial charge in [-0.05, 0) is 43.5 Å². The Morgan fingerprint density at radius 3 is 3.00 bits per heavy atom. The second kappa shape index (κ2) is 8.88. The fourth-order valence-corrected chi connectivity index (χ4v) is 4.31. The summed E-state index contributed by atoms with van der Waals surface area (Å²) in [7, 11) is 0. The molecule has 3 aliphatic rings. The Hall–Kier alpha value is -2.86. The third kappa shape index (κ3) is 4.05. The van der Waals surface area contributed by atoms with Gasteiger partial charge in [0.15, 0.2) is 0 Å². The number of aryl methyl sites for hydroxylation is 1. The zero-order valence-electron chi connectivity index (χ0n) is 16.9. The van der Waals surface area contributed by atoms with Crippen LogP contribution in [0.5, 0.6) is 0 Å². The summed E-state index contributed by atoms with van der Waals surface area (Å²) in [4.78, 5) is 31.5. The predicted octanol–water partition coefficient (Wildman–Crippen LogP) is 3.14. The number of fused-ring (bicyclic) bond motifs is 2. The molecule has 0 radical (unpaired) electrons. The first-order chi connectivity index (χ1) is 14.6. The van der Waals surface area contributed by atoms with Crippen molar-refractivity contribution in [3.05, 3.63) is 64.4 Å². The van der Waals surface area contributed by atoms with Crippen molar-refractivity contribution in [3.8, 4) is 0 Å². The maximum Gasteiger partial charge on any atom is 0.345 e. The second-order valence-corrected chi connectivity index (χ2v) is 7.80. The molecule has 1 amide bonds. The number of aliphatic imine (C=N–C) groups is 1. The minimum atomic E-state index is -0.657. The lowest BCUT2D eigenvalue weighted by Gasteiger charge is -2.32. The van der Waals surface area contributed by atoms with Crippen molar-refractivity contribution in [1.29, 1.82) is 0 Å². The van der Waals surface area contributed by atoms with Crippen LogP contribution in [0.25, 0.3) is 0 Å². The molecule has 1 unspecified atom stereocenters. The zero-order chi connectivity index (χ0) is 21.1. The number of benzene rings is 1. The van der Waals surface area contributed by atoms with Gasteiger partial charge in [0.25, 0.3) is 5.91 Å². The van der Waals surface area contributed by atoms with E-state index in [0.717, 1.165) is 25.9 Å². The number of ether oxygens (including phenoxy) is 1. The van der Waals surface area contributed by atoms with Crippen molar-refractivity contribution in [2.24, 2.45) is 10.9 Å². The van der Waals surface area contributed by atoms with E-state index in [1.807, 2.05) is 0 Å². The van der Waals surface area contributed by atoms with Crippen LogP contribution in [0.4, 0.5) is 5.69 Å². The fourth-order valence-electron chi connectivity index (χ4n) is 4.12. The Morgan fingerprint density at radius 1 is 1.33 bits per heavy atom. The fraction of sp³-hybridized carbons (Fsp3) is 0.348. The molecule has 0 spiro atoms. The van der Waals surface area contributed by atoms with Gasteiger partial charge in [-0.2, -0.15) is 0 Å². The van der Waals surface area contributed by atoms with E-state index in [-0.39, 0.29) is 18.1 Å². The monoisotopic (exact) mass is 425 g/mol. The number of rotatable bonds is 6. The highest BCUT2D eigenvalue weighted by Crippen LogP contribution is 2.30. The van der Waals surface area contributed by atoms with Crippen molar-refractivity contribution in [3.63, 3.8) is 0 Å². The number of anilines is 1. The summed E-state index contributed by atoms with van der Waals surface area (Å²) in [5, 5.41) is 3.88. The number of carbonyl (C=O) groups is 2. The van der Waals surface area contributed by atoms with Crippen LogP contribution in [0.2, 0.25) is 0 Å². The Labute approximate surface area is 180 Å². The minimum absolute atomic E-state index is 0.0411. The summed E-state index contributed by atoms with van der Waals surface area (Å²) in [5.74, 6) is -1.61. The van der Waals surface area contributed by atoms with Gasteiger partial charge in [-0.25, -0.2) is 9.79 Å². The third-order valence-corrected chi connectivity index (χ3v) is 5.72. The number of hydrogen-bond acceptors (Lipinski definition) is 5. The Bertz CT molecular complexity index is 993. The number of nitrogens with zero attached hydrogens (tertiary/aromatic N) is 2. The number of dihydropyridines is 1. The summed E-state index contributed by atoms with van der Waals surface area (Å²) in [6.45, 7) is 4.19. The molecule has 2 heterocycles. The SMILES string of the molecule is CCOC(=O)C1=C(NCCN2CCCc3ccccc32)C2C=C(Cl)C=CC2=NC1=O. The number of nitrogens with one attached hydrogen (secondary N) is 1. The number of hydrogen-bond donors (Lipinski definition) is 1. The van der Waals surface area contributed by atoms with E-state index in [9.17, 15) is 9.59 Å². The largest absolute Gasteiger partial charge is 0.462 e. The van der Waals surface area contributed by atoms with E-state index >= 15 is 0 Å². The number of esters is 1. The second-order valence-electron chi connectivity index (χ2n) is 7.36. The summed E-state index contributed by atoms with van der Waals surface area (Å²) in [5.41, 5.74) is 3.64. The number of halogens is 1. The highest BCUT2D eigenvalue weighted by molar-refractivity contribution is 6.33. The normalized spacial score (nSPS) is 20.3. The molecule has 30 heavy (non-hydrogen) atoms. The van der Waals surface area contributed by atoms with Crippen molar-refractivity contribution >= 4 is 34.9 Å². The summed E-state index contributed by atoms with van der Waals surface area (Å²) in [6, 6.07) is 8.43. The van der Waals surface area contributed by atoms with Crippen LogP contribution in [0, 0.1) is 5.92 Å². The molecule has 156 valence electrons. The predicted molar refractivity (Wildman–Crippen MR) is 118 cm³/mol. The van der Waals surface area contributed by atoms with Gasteiger partial charge in [-0.15, -0.1) is 0 Å². The Balaban J connectivity index is 1.56. The minimum Gasteiger partial charge on any atom is -0.462 e. The molecule has 7 heteroatoms. The van der Waals surface area contributed by atoms with Gasteiger partial charge < -0.3 is 15.0 Å². The van der Waals surface area contributed by atoms with Gasteiger partial charge in [-0.1, -0.05) is 35.9 Å². The number of para-hydroxylation sites is 1. The topological polar surface area (TPSA) is 71.0 Å². The smallest absolute Gasteiger partial charge is 0.345 e. The van der Waals surface area contributed by atoms with Crippen LogP contribution >= 0.6 is 11.6 Å². The molecule has 2 aliphatic heterocycles. The van der Waals surface area contributed by atoms with E-state index in [4.69, 9.17) is 16.3 Å². The van der Waals surface area contributed by atoms with Gasteiger partial charge >= 0.3 is 5.97 Å². The van der Waals surface area contributed by atoms with E-state index in [1.54, 1.807) is 25.2 Å². The molecule has 1 atom stereocenters. The van der Waals surface area contributed by atoms with Crippen molar-refractivity contribution in [2.75, 3.05) is 31.1 Å². The van der Waals surface area contributed by atoms with Gasteiger partial charge in [-0.3, -0.25) is 4.79 Å². The Morgan fingerprint density at radius 2 is 2.17 bits per heavy atom. The lowest BCUT2D eigenvalue weighted by atomic mass is 9.89. The average molecular weight is 426 g/mol. The van der Waals surface area contributed by atoms with Crippen LogP contribution < -0.4 is 10.2 Å². The van der Waals surface area contributed by atoms with Gasteiger partial charge in [0.2, 0.25) is 0 Å². The number of allylic oxidation sites excluding steroid dienone is 4. The average Bonchev–Trinajstić information content (AvgIpc) is 2.74. The molecule has 0 saturated heterocycles. The van der Waals surface area contributed by atoms with Crippen LogP contribution in [0.1, 0.15) is 18.9 Å². The summed E-state index contributed by atoms with van der Waals surface area (Å²) < 4.78 is 5.12. The summed E-state index contributed by atoms with van der Waals surface area (Å²) >= 11 is 6.20. The van der Waals surface area contributed by atoms with Gasteiger partial charge in [0, 0.05) is 36.1 Å². The first-order valence-electron chi connectivity index (χ1n) is 10.2. The van der Waals surface area contributed by atoms with Crippen LogP contribution in [0.15, 0.2) is 63.8 Å². The van der Waals surface area contributed by atoms with Crippen LogP contribution in [-0.4, -0.2) is 43.8 Å². The van der Waals surface area contributed by atoms with Crippen molar-refractivity contribution in [2.45, 2.75) is 19.8 Å². The number of amides is 1. The maximum atomic E-state index is 12.6. The van der Waals surface area contributed by atoms with E-state index in [2.05, 4.69) is 39.5 Å². The molecule has 0 fully saturated rings. The zero-order valence-corrected chi connectivity index (χ0v) is 17.6. The molecule has 1 N–H and O–H groups in total. The molecular formula is C23H24ClN3O3. The Kier molecular flexibility index (Phi) is 6.04. The summed E-state index contributed by atoms with van der Waals surface area (Å²) in [6.07, 6.45) is 7.40. The molecule has 0 saturated carbocycles. The molecule has 1 aliphatic carbocycles. The van der Waals surface area contributed by atoms with E-state index in [0.29, 0.717) is 23.0 Å². The first kappa shape index (κ1) is 20.4.